The zero-order valence-corrected chi connectivity index (χ0v) is 12.7. The molecule has 3 rings (SSSR count). The lowest BCUT2D eigenvalue weighted by Gasteiger charge is -2.16. The summed E-state index contributed by atoms with van der Waals surface area (Å²) in [5.74, 6) is 0.528. The molecule has 2 unspecified atom stereocenters. The van der Waals surface area contributed by atoms with Crippen LogP contribution >= 0.6 is 0 Å². The average Bonchev–Trinajstić information content (AvgIpc) is 2.99. The highest BCUT2D eigenvalue weighted by molar-refractivity contribution is 5.94. The van der Waals surface area contributed by atoms with Gasteiger partial charge in [-0.05, 0) is 42.8 Å². The number of rotatable bonds is 5. The van der Waals surface area contributed by atoms with Crippen LogP contribution in [0, 0.1) is 0 Å². The molecule has 1 aliphatic heterocycles. The molecule has 5 nitrogen and oxygen atoms in total. The number of carbonyl (C=O) groups is 1. The SMILES string of the molecule is O=C(NC1CCNC1O)c1ccc(OCc2ccccc2)cc1. The molecule has 2 aromatic rings. The van der Waals surface area contributed by atoms with E-state index in [2.05, 4.69) is 10.6 Å². The van der Waals surface area contributed by atoms with Gasteiger partial charge in [0.15, 0.2) is 0 Å². The maximum absolute atomic E-state index is 12.1. The molecule has 0 aromatic heterocycles. The second kappa shape index (κ2) is 7.26. The predicted octanol–water partition coefficient (Wildman–Crippen LogP) is 1.68. The summed E-state index contributed by atoms with van der Waals surface area (Å²) in [5, 5.41) is 15.4. The van der Waals surface area contributed by atoms with Crippen LogP contribution in [0.1, 0.15) is 22.3 Å². The highest BCUT2D eigenvalue weighted by Gasteiger charge is 2.26. The molecule has 120 valence electrons. The molecule has 1 saturated heterocycles. The van der Waals surface area contributed by atoms with Crippen LogP contribution in [0.4, 0.5) is 0 Å². The lowest BCUT2D eigenvalue weighted by Crippen LogP contribution is -2.43. The molecule has 2 aromatic carbocycles. The van der Waals surface area contributed by atoms with Crippen LogP contribution in [-0.2, 0) is 6.61 Å². The molecular weight excluding hydrogens is 292 g/mol. The summed E-state index contributed by atoms with van der Waals surface area (Å²) in [6.45, 7) is 1.20. The lowest BCUT2D eigenvalue weighted by molar-refractivity contribution is 0.0848. The zero-order chi connectivity index (χ0) is 16.1. The van der Waals surface area contributed by atoms with Crippen molar-refractivity contribution in [3.63, 3.8) is 0 Å². The Morgan fingerprint density at radius 1 is 1.17 bits per heavy atom. The molecule has 1 heterocycles. The van der Waals surface area contributed by atoms with E-state index in [-0.39, 0.29) is 11.9 Å². The standard InChI is InChI=1S/C18H20N2O3/c21-17(20-16-10-11-19-18(16)22)14-6-8-15(9-7-14)23-12-13-4-2-1-3-5-13/h1-9,16,18-19,22H,10-12H2,(H,20,21). The summed E-state index contributed by atoms with van der Waals surface area (Å²) in [5.41, 5.74) is 1.65. The van der Waals surface area contributed by atoms with Crippen LogP contribution < -0.4 is 15.4 Å². The summed E-state index contributed by atoms with van der Waals surface area (Å²) in [6, 6.07) is 16.7. The van der Waals surface area contributed by atoms with Crippen molar-refractivity contribution in [3.8, 4) is 5.75 Å². The van der Waals surface area contributed by atoms with Crippen LogP contribution in [0.3, 0.4) is 0 Å². The molecule has 1 amide bonds. The molecular formula is C18H20N2O3. The third kappa shape index (κ3) is 4.09. The van der Waals surface area contributed by atoms with Crippen LogP contribution in [0.15, 0.2) is 54.6 Å². The Balaban J connectivity index is 1.55. The lowest BCUT2D eigenvalue weighted by atomic mass is 10.1. The van der Waals surface area contributed by atoms with Gasteiger partial charge in [0.25, 0.3) is 5.91 Å². The summed E-state index contributed by atoms with van der Waals surface area (Å²) in [6.07, 6.45) is 0.0537. The predicted molar refractivity (Wildman–Crippen MR) is 87.1 cm³/mol. The Hall–Kier alpha value is -2.37. The fraction of sp³-hybridized carbons (Fsp3) is 0.278. The normalized spacial score (nSPS) is 20.2. The van der Waals surface area contributed by atoms with E-state index >= 15 is 0 Å². The van der Waals surface area contributed by atoms with Crippen molar-refractivity contribution in [1.82, 2.24) is 10.6 Å². The molecule has 0 spiro atoms. The summed E-state index contributed by atoms with van der Waals surface area (Å²) in [4.78, 5) is 12.1. The first-order valence-corrected chi connectivity index (χ1v) is 7.71. The second-order valence-electron chi connectivity index (χ2n) is 5.57. The molecule has 5 heteroatoms. The second-order valence-corrected chi connectivity index (χ2v) is 5.57. The molecule has 1 fully saturated rings. The topological polar surface area (TPSA) is 70.6 Å². The number of nitrogens with one attached hydrogen (secondary N) is 2. The van der Waals surface area contributed by atoms with E-state index in [9.17, 15) is 9.90 Å². The highest BCUT2D eigenvalue weighted by Crippen LogP contribution is 2.15. The van der Waals surface area contributed by atoms with Gasteiger partial charge in [0, 0.05) is 5.56 Å². The summed E-state index contributed by atoms with van der Waals surface area (Å²) < 4.78 is 5.70. The van der Waals surface area contributed by atoms with Crippen LogP contribution in [0.2, 0.25) is 0 Å². The van der Waals surface area contributed by atoms with Gasteiger partial charge in [0.1, 0.15) is 18.6 Å². The van der Waals surface area contributed by atoms with Crippen molar-refractivity contribution in [2.24, 2.45) is 0 Å². The highest BCUT2D eigenvalue weighted by atomic mass is 16.5. The van der Waals surface area contributed by atoms with E-state index in [1.165, 1.54) is 0 Å². The van der Waals surface area contributed by atoms with Crippen molar-refractivity contribution >= 4 is 5.91 Å². The molecule has 0 bridgehead atoms. The van der Waals surface area contributed by atoms with E-state index in [1.54, 1.807) is 24.3 Å². The molecule has 0 saturated carbocycles. The van der Waals surface area contributed by atoms with Crippen LogP contribution in [0.25, 0.3) is 0 Å². The van der Waals surface area contributed by atoms with Crippen LogP contribution in [0.5, 0.6) is 5.75 Å². The van der Waals surface area contributed by atoms with Gasteiger partial charge in [0.05, 0.1) is 6.04 Å². The third-order valence-electron chi connectivity index (χ3n) is 3.87. The van der Waals surface area contributed by atoms with Crippen molar-refractivity contribution in [2.75, 3.05) is 6.54 Å². The number of benzene rings is 2. The molecule has 3 N–H and O–H groups in total. The Labute approximate surface area is 135 Å². The summed E-state index contributed by atoms with van der Waals surface area (Å²) in [7, 11) is 0. The number of ether oxygens (including phenoxy) is 1. The zero-order valence-electron chi connectivity index (χ0n) is 12.7. The maximum atomic E-state index is 12.1. The third-order valence-corrected chi connectivity index (χ3v) is 3.87. The van der Waals surface area contributed by atoms with Gasteiger partial charge in [-0.15, -0.1) is 0 Å². The number of carbonyl (C=O) groups excluding carboxylic acids is 1. The van der Waals surface area contributed by atoms with Gasteiger partial charge in [-0.1, -0.05) is 30.3 Å². The fourth-order valence-electron chi connectivity index (χ4n) is 2.53. The first-order chi connectivity index (χ1) is 11.2. The van der Waals surface area contributed by atoms with Gasteiger partial charge in [-0.25, -0.2) is 0 Å². The van der Waals surface area contributed by atoms with Crippen molar-refractivity contribution in [1.29, 1.82) is 0 Å². The van der Waals surface area contributed by atoms with Crippen LogP contribution in [-0.4, -0.2) is 29.8 Å². The number of amides is 1. The van der Waals surface area contributed by atoms with E-state index in [0.717, 1.165) is 12.0 Å². The fourth-order valence-corrected chi connectivity index (χ4v) is 2.53. The Kier molecular flexibility index (Phi) is 4.90. The smallest absolute Gasteiger partial charge is 0.251 e. The van der Waals surface area contributed by atoms with Gasteiger partial charge in [-0.2, -0.15) is 0 Å². The van der Waals surface area contributed by atoms with E-state index in [0.29, 0.717) is 24.5 Å². The van der Waals surface area contributed by atoms with Gasteiger partial charge < -0.3 is 15.2 Å². The first kappa shape index (κ1) is 15.5. The summed E-state index contributed by atoms with van der Waals surface area (Å²) >= 11 is 0. The van der Waals surface area contributed by atoms with E-state index in [4.69, 9.17) is 4.74 Å². The van der Waals surface area contributed by atoms with Crippen molar-refractivity contribution in [3.05, 3.63) is 65.7 Å². The minimum Gasteiger partial charge on any atom is -0.489 e. The van der Waals surface area contributed by atoms with Gasteiger partial charge in [0.2, 0.25) is 0 Å². The molecule has 1 aliphatic rings. The Bertz CT molecular complexity index is 643. The number of aliphatic hydroxyl groups excluding tert-OH is 1. The minimum absolute atomic E-state index is 0.188. The molecule has 23 heavy (non-hydrogen) atoms. The Morgan fingerprint density at radius 3 is 2.57 bits per heavy atom. The quantitative estimate of drug-likeness (QED) is 0.785. The molecule has 0 radical (unpaired) electrons. The van der Waals surface area contributed by atoms with E-state index in [1.807, 2.05) is 30.3 Å². The number of hydrogen-bond acceptors (Lipinski definition) is 4. The number of aliphatic hydroxyl groups is 1. The Morgan fingerprint density at radius 2 is 1.91 bits per heavy atom. The van der Waals surface area contributed by atoms with Crippen molar-refractivity contribution < 1.29 is 14.6 Å². The minimum atomic E-state index is -0.674. The average molecular weight is 312 g/mol. The van der Waals surface area contributed by atoms with Crippen molar-refractivity contribution in [2.45, 2.75) is 25.3 Å². The van der Waals surface area contributed by atoms with E-state index < -0.39 is 6.23 Å². The molecule has 2 atom stereocenters. The maximum Gasteiger partial charge on any atom is 0.251 e. The molecule has 0 aliphatic carbocycles. The monoisotopic (exact) mass is 312 g/mol. The van der Waals surface area contributed by atoms with Gasteiger partial charge >= 0.3 is 0 Å². The number of hydrogen-bond donors (Lipinski definition) is 3. The largest absolute Gasteiger partial charge is 0.489 e. The van der Waals surface area contributed by atoms with Gasteiger partial charge in [-0.3, -0.25) is 10.1 Å². The first-order valence-electron chi connectivity index (χ1n) is 7.71.